The van der Waals surface area contributed by atoms with Crippen molar-refractivity contribution in [3.63, 3.8) is 0 Å². The number of nitrogens with zero attached hydrogens (tertiary/aromatic N) is 3. The SMILES string of the molecule is CC1CCc2nc(/C(C#N)=C/c3ccc([N+](=O)[O-])o3)sc2C1. The van der Waals surface area contributed by atoms with Gasteiger partial charge in [-0.25, -0.2) is 4.98 Å². The van der Waals surface area contributed by atoms with Gasteiger partial charge in [-0.1, -0.05) is 6.92 Å². The summed E-state index contributed by atoms with van der Waals surface area (Å²) in [6, 6.07) is 4.86. The van der Waals surface area contributed by atoms with Crippen LogP contribution in [0.4, 0.5) is 5.88 Å². The van der Waals surface area contributed by atoms with Gasteiger partial charge in [0.25, 0.3) is 0 Å². The van der Waals surface area contributed by atoms with E-state index in [9.17, 15) is 15.4 Å². The van der Waals surface area contributed by atoms with E-state index in [0.29, 0.717) is 16.5 Å². The summed E-state index contributed by atoms with van der Waals surface area (Å²) < 4.78 is 5.07. The average Bonchev–Trinajstić information content (AvgIpc) is 3.10. The van der Waals surface area contributed by atoms with E-state index in [-0.39, 0.29) is 11.6 Å². The summed E-state index contributed by atoms with van der Waals surface area (Å²) in [4.78, 5) is 15.8. The maximum absolute atomic E-state index is 10.6. The standard InChI is InChI=1S/C15H13N3O3S/c1-9-2-4-12-13(6-9)22-15(17-12)10(8-16)7-11-3-5-14(21-11)18(19)20/h3,5,7,9H,2,4,6H2,1H3/b10-7+. The van der Waals surface area contributed by atoms with Crippen LogP contribution in [0.15, 0.2) is 16.5 Å². The van der Waals surface area contributed by atoms with Crippen LogP contribution in [0.1, 0.15) is 34.7 Å². The molecule has 2 aromatic rings. The third kappa shape index (κ3) is 2.78. The van der Waals surface area contributed by atoms with Gasteiger partial charge < -0.3 is 4.42 Å². The Kier molecular flexibility index (Phi) is 3.77. The third-order valence-corrected chi connectivity index (χ3v) is 4.77. The first kappa shape index (κ1) is 14.5. The van der Waals surface area contributed by atoms with Crippen molar-refractivity contribution < 1.29 is 9.34 Å². The Morgan fingerprint density at radius 3 is 3.14 bits per heavy atom. The molecule has 22 heavy (non-hydrogen) atoms. The fourth-order valence-corrected chi connectivity index (χ4v) is 3.69. The molecule has 0 N–H and O–H groups in total. The number of hydrogen-bond acceptors (Lipinski definition) is 6. The lowest BCUT2D eigenvalue weighted by atomic mass is 9.93. The number of fused-ring (bicyclic) bond motifs is 1. The molecule has 7 heteroatoms. The largest absolute Gasteiger partial charge is 0.433 e. The van der Waals surface area contributed by atoms with Crippen molar-refractivity contribution >= 4 is 28.9 Å². The smallest absolute Gasteiger partial charge is 0.401 e. The number of nitro groups is 1. The van der Waals surface area contributed by atoms with E-state index in [1.807, 2.05) is 0 Å². The van der Waals surface area contributed by atoms with Gasteiger partial charge in [0.05, 0.1) is 17.3 Å². The van der Waals surface area contributed by atoms with Crippen molar-refractivity contribution in [3.8, 4) is 6.07 Å². The summed E-state index contributed by atoms with van der Waals surface area (Å²) in [6.45, 7) is 2.21. The molecular formula is C15H13N3O3S. The van der Waals surface area contributed by atoms with Crippen LogP contribution in [-0.2, 0) is 12.8 Å². The van der Waals surface area contributed by atoms with Crippen LogP contribution >= 0.6 is 11.3 Å². The number of furan rings is 1. The molecule has 1 aliphatic rings. The number of rotatable bonds is 3. The molecule has 0 saturated carbocycles. The van der Waals surface area contributed by atoms with Crippen molar-refractivity contribution in [2.24, 2.45) is 5.92 Å². The van der Waals surface area contributed by atoms with Crippen LogP contribution in [0.5, 0.6) is 0 Å². The molecule has 0 aliphatic heterocycles. The number of aromatic nitrogens is 1. The van der Waals surface area contributed by atoms with Crippen molar-refractivity contribution in [3.05, 3.63) is 43.6 Å². The van der Waals surface area contributed by atoms with E-state index < -0.39 is 4.92 Å². The third-order valence-electron chi connectivity index (χ3n) is 3.62. The van der Waals surface area contributed by atoms with Gasteiger partial charge in [-0.3, -0.25) is 10.1 Å². The minimum atomic E-state index is -0.604. The van der Waals surface area contributed by atoms with E-state index in [4.69, 9.17) is 4.42 Å². The van der Waals surface area contributed by atoms with Gasteiger partial charge in [0.15, 0.2) is 0 Å². The lowest BCUT2D eigenvalue weighted by molar-refractivity contribution is -0.402. The Bertz CT molecular complexity index is 797. The Morgan fingerprint density at radius 2 is 2.45 bits per heavy atom. The highest BCUT2D eigenvalue weighted by Gasteiger charge is 2.21. The van der Waals surface area contributed by atoms with E-state index in [0.717, 1.165) is 25.0 Å². The molecule has 0 amide bonds. The summed E-state index contributed by atoms with van der Waals surface area (Å²) in [5.74, 6) is 0.587. The number of hydrogen-bond donors (Lipinski definition) is 0. The van der Waals surface area contributed by atoms with Gasteiger partial charge in [0.2, 0.25) is 0 Å². The van der Waals surface area contributed by atoms with Gasteiger partial charge >= 0.3 is 5.88 Å². The summed E-state index contributed by atoms with van der Waals surface area (Å²) in [7, 11) is 0. The number of allylic oxidation sites excluding steroid dienone is 1. The van der Waals surface area contributed by atoms with Crippen LogP contribution in [0.3, 0.4) is 0 Å². The first-order chi connectivity index (χ1) is 10.6. The summed E-state index contributed by atoms with van der Waals surface area (Å²) in [6.07, 6.45) is 4.56. The Hall–Kier alpha value is -2.46. The Labute approximate surface area is 130 Å². The summed E-state index contributed by atoms with van der Waals surface area (Å²) in [5.41, 5.74) is 1.45. The highest BCUT2D eigenvalue weighted by atomic mass is 32.1. The molecule has 0 radical (unpaired) electrons. The molecule has 0 saturated heterocycles. The van der Waals surface area contributed by atoms with Crippen LogP contribution in [0, 0.1) is 27.4 Å². The van der Waals surface area contributed by atoms with Crippen LogP contribution in [0.2, 0.25) is 0 Å². The molecule has 0 aromatic carbocycles. The lowest BCUT2D eigenvalue weighted by Crippen LogP contribution is -2.09. The molecule has 112 valence electrons. The van der Waals surface area contributed by atoms with Crippen LogP contribution in [0.25, 0.3) is 11.6 Å². The highest BCUT2D eigenvalue weighted by Crippen LogP contribution is 2.33. The Morgan fingerprint density at radius 1 is 1.64 bits per heavy atom. The van der Waals surface area contributed by atoms with E-state index in [1.165, 1.54) is 34.4 Å². The minimum absolute atomic E-state index is 0.282. The molecule has 2 heterocycles. The molecule has 1 aliphatic carbocycles. The topological polar surface area (TPSA) is 93.0 Å². The summed E-state index contributed by atoms with van der Waals surface area (Å²) in [5, 5.41) is 20.6. The maximum Gasteiger partial charge on any atom is 0.433 e. The maximum atomic E-state index is 10.6. The average molecular weight is 315 g/mol. The van der Waals surface area contributed by atoms with Gasteiger partial charge in [0, 0.05) is 11.0 Å². The summed E-state index contributed by atoms with van der Waals surface area (Å²) >= 11 is 1.53. The number of aryl methyl sites for hydroxylation is 1. The van der Waals surface area contributed by atoms with Crippen molar-refractivity contribution in [1.29, 1.82) is 5.26 Å². The molecule has 1 unspecified atom stereocenters. The normalized spacial score (nSPS) is 17.8. The zero-order valence-corrected chi connectivity index (χ0v) is 12.7. The predicted molar refractivity (Wildman–Crippen MR) is 82.1 cm³/mol. The number of nitriles is 1. The van der Waals surface area contributed by atoms with Crippen LogP contribution < -0.4 is 0 Å². The highest BCUT2D eigenvalue weighted by molar-refractivity contribution is 7.13. The molecule has 0 bridgehead atoms. The molecule has 1 atom stereocenters. The van der Waals surface area contributed by atoms with Gasteiger partial charge in [0.1, 0.15) is 21.8 Å². The second-order valence-corrected chi connectivity index (χ2v) is 6.42. The predicted octanol–water partition coefficient (Wildman–Crippen LogP) is 3.83. The fourth-order valence-electron chi connectivity index (χ4n) is 2.46. The molecule has 0 fully saturated rings. The second-order valence-electron chi connectivity index (χ2n) is 5.34. The van der Waals surface area contributed by atoms with Gasteiger partial charge in [-0.05, 0) is 31.2 Å². The molecule has 3 rings (SSSR count). The van der Waals surface area contributed by atoms with Crippen molar-refractivity contribution in [2.75, 3.05) is 0 Å². The van der Waals surface area contributed by atoms with E-state index in [1.54, 1.807) is 0 Å². The Balaban J connectivity index is 1.92. The van der Waals surface area contributed by atoms with Crippen molar-refractivity contribution in [1.82, 2.24) is 4.98 Å². The first-order valence-corrected chi connectivity index (χ1v) is 7.73. The van der Waals surface area contributed by atoms with E-state index in [2.05, 4.69) is 18.0 Å². The first-order valence-electron chi connectivity index (χ1n) is 6.92. The fraction of sp³-hybridized carbons (Fsp3) is 0.333. The molecule has 6 nitrogen and oxygen atoms in total. The quantitative estimate of drug-likeness (QED) is 0.487. The minimum Gasteiger partial charge on any atom is -0.401 e. The van der Waals surface area contributed by atoms with Gasteiger partial charge in [-0.2, -0.15) is 5.26 Å². The second kappa shape index (κ2) is 5.73. The molecular weight excluding hydrogens is 302 g/mol. The number of thiazole rings is 1. The van der Waals surface area contributed by atoms with Crippen molar-refractivity contribution in [2.45, 2.75) is 26.2 Å². The molecule has 2 aromatic heterocycles. The lowest BCUT2D eigenvalue weighted by Gasteiger charge is -2.15. The zero-order chi connectivity index (χ0) is 15.7. The monoisotopic (exact) mass is 315 g/mol. The molecule has 0 spiro atoms. The van der Waals surface area contributed by atoms with Crippen LogP contribution in [-0.4, -0.2) is 9.91 Å². The van der Waals surface area contributed by atoms with E-state index >= 15 is 0 Å². The zero-order valence-electron chi connectivity index (χ0n) is 11.9. The van der Waals surface area contributed by atoms with Gasteiger partial charge in [-0.15, -0.1) is 11.3 Å².